The van der Waals surface area contributed by atoms with Crippen LogP contribution in [0.3, 0.4) is 0 Å². The molecule has 0 aliphatic rings. The zero-order chi connectivity index (χ0) is 16.3. The number of hydrogen-bond donors (Lipinski definition) is 0. The van der Waals surface area contributed by atoms with Crippen LogP contribution in [-0.2, 0) is 0 Å². The topological polar surface area (TPSA) is 44.1 Å². The van der Waals surface area contributed by atoms with Crippen molar-refractivity contribution in [1.29, 1.82) is 0 Å². The van der Waals surface area contributed by atoms with Gasteiger partial charge in [0.05, 0.1) is 16.1 Å². The Balaban J connectivity index is 2.60. The Morgan fingerprint density at radius 2 is 2.23 bits per heavy atom. The average Bonchev–Trinajstić information content (AvgIpc) is 2.50. The number of benzene rings is 1. The van der Waals surface area contributed by atoms with Gasteiger partial charge in [0.2, 0.25) is 0 Å². The normalized spacial score (nSPS) is 10.3. The molecule has 0 N–H and O–H groups in total. The molecule has 0 radical (unpaired) electrons. The molecule has 0 unspecified atom stereocenters. The number of halogens is 3. The van der Waals surface area contributed by atoms with Gasteiger partial charge in [-0.15, -0.1) is 18.2 Å². The van der Waals surface area contributed by atoms with Crippen LogP contribution in [0, 0.1) is 18.2 Å². The van der Waals surface area contributed by atoms with Crippen LogP contribution in [0.5, 0.6) is 5.75 Å². The summed E-state index contributed by atoms with van der Waals surface area (Å²) in [5.74, 6) is 1.68. The van der Waals surface area contributed by atoms with E-state index in [0.717, 1.165) is 10.7 Å². The van der Waals surface area contributed by atoms with E-state index in [4.69, 9.17) is 34.4 Å². The lowest BCUT2D eigenvalue weighted by atomic mass is 10.3. The quantitative estimate of drug-likeness (QED) is 0.620. The molecule has 114 valence electrons. The highest BCUT2D eigenvalue weighted by Gasteiger charge is 2.16. The fourth-order valence-electron chi connectivity index (χ4n) is 1.64. The number of terminal acetylenes is 1. The van der Waals surface area contributed by atoms with Crippen molar-refractivity contribution >= 4 is 35.0 Å². The van der Waals surface area contributed by atoms with Gasteiger partial charge in [0, 0.05) is 6.07 Å². The van der Waals surface area contributed by atoms with E-state index in [1.54, 1.807) is 6.26 Å². The number of aromatic nitrogens is 2. The van der Waals surface area contributed by atoms with Crippen LogP contribution in [0.25, 0.3) is 5.69 Å². The summed E-state index contributed by atoms with van der Waals surface area (Å²) in [6.07, 6.45) is 8.23. The summed E-state index contributed by atoms with van der Waals surface area (Å²) in [5.41, 5.74) is -0.770. The SMILES string of the molecule is C#CCOc1cc(-n2ncc(SC)c(Cl)c2=O)c(F)cc1Cl. The number of nitrogens with zero attached hydrogens (tertiary/aromatic N) is 2. The van der Waals surface area contributed by atoms with Gasteiger partial charge in [-0.25, -0.2) is 4.39 Å². The first-order chi connectivity index (χ1) is 10.5. The van der Waals surface area contributed by atoms with Gasteiger partial charge in [-0.2, -0.15) is 9.78 Å². The summed E-state index contributed by atoms with van der Waals surface area (Å²) in [6.45, 7) is -0.0424. The third kappa shape index (κ3) is 3.22. The van der Waals surface area contributed by atoms with Crippen LogP contribution in [0.15, 0.2) is 28.0 Å². The molecule has 0 fully saturated rings. The Hall–Kier alpha value is -1.68. The molecule has 0 bridgehead atoms. The molecule has 1 aromatic carbocycles. The number of ether oxygens (including phenoxy) is 1. The van der Waals surface area contributed by atoms with Crippen molar-refractivity contribution in [2.24, 2.45) is 0 Å². The van der Waals surface area contributed by atoms with E-state index in [9.17, 15) is 9.18 Å². The lowest BCUT2D eigenvalue weighted by Gasteiger charge is -2.11. The van der Waals surface area contributed by atoms with Gasteiger partial charge in [0.25, 0.3) is 5.56 Å². The molecule has 1 heterocycles. The van der Waals surface area contributed by atoms with Crippen molar-refractivity contribution in [3.63, 3.8) is 0 Å². The molecule has 0 aliphatic carbocycles. The van der Waals surface area contributed by atoms with Crippen LogP contribution in [0.1, 0.15) is 0 Å². The smallest absolute Gasteiger partial charge is 0.291 e. The van der Waals surface area contributed by atoms with Crippen molar-refractivity contribution < 1.29 is 9.13 Å². The zero-order valence-corrected chi connectivity index (χ0v) is 13.6. The van der Waals surface area contributed by atoms with Gasteiger partial charge in [0.1, 0.15) is 23.1 Å². The number of thioether (sulfide) groups is 1. The lowest BCUT2D eigenvalue weighted by molar-refractivity contribution is 0.369. The average molecular weight is 359 g/mol. The maximum absolute atomic E-state index is 14.1. The van der Waals surface area contributed by atoms with E-state index in [1.165, 1.54) is 24.0 Å². The second kappa shape index (κ2) is 7.05. The number of rotatable bonds is 4. The van der Waals surface area contributed by atoms with Gasteiger partial charge in [-0.1, -0.05) is 29.1 Å². The molecule has 1 aromatic heterocycles. The molecule has 0 aliphatic heterocycles. The highest BCUT2D eigenvalue weighted by Crippen LogP contribution is 2.29. The Morgan fingerprint density at radius 1 is 1.50 bits per heavy atom. The lowest BCUT2D eigenvalue weighted by Crippen LogP contribution is -2.23. The minimum absolute atomic E-state index is 0.0383. The first kappa shape index (κ1) is 16.7. The largest absolute Gasteiger partial charge is 0.479 e. The summed E-state index contributed by atoms with van der Waals surface area (Å²) in [4.78, 5) is 12.7. The van der Waals surface area contributed by atoms with E-state index in [0.29, 0.717) is 4.90 Å². The molecular formula is C14H9Cl2FN2O2S. The van der Waals surface area contributed by atoms with Gasteiger partial charge >= 0.3 is 0 Å². The van der Waals surface area contributed by atoms with Gasteiger partial charge in [-0.3, -0.25) is 4.79 Å². The minimum Gasteiger partial charge on any atom is -0.479 e. The molecule has 22 heavy (non-hydrogen) atoms. The third-order valence-electron chi connectivity index (χ3n) is 2.65. The highest BCUT2D eigenvalue weighted by molar-refractivity contribution is 7.98. The zero-order valence-electron chi connectivity index (χ0n) is 11.3. The molecule has 0 saturated heterocycles. The van der Waals surface area contributed by atoms with Crippen LogP contribution >= 0.6 is 35.0 Å². The summed E-state index contributed by atoms with van der Waals surface area (Å²) >= 11 is 13.1. The van der Waals surface area contributed by atoms with Gasteiger partial charge in [0.15, 0.2) is 5.82 Å². The molecule has 0 saturated carbocycles. The predicted octanol–water partition coefficient (Wildman–Crippen LogP) is 3.41. The van der Waals surface area contributed by atoms with Gasteiger partial charge < -0.3 is 4.74 Å². The number of hydrogen-bond acceptors (Lipinski definition) is 4. The monoisotopic (exact) mass is 358 g/mol. The Bertz CT molecular complexity index is 818. The molecular weight excluding hydrogens is 350 g/mol. The summed E-state index contributed by atoms with van der Waals surface area (Å²) in [5, 5.41) is 3.91. The Morgan fingerprint density at radius 3 is 2.86 bits per heavy atom. The van der Waals surface area contributed by atoms with E-state index in [1.807, 2.05) is 0 Å². The van der Waals surface area contributed by atoms with Crippen molar-refractivity contribution in [1.82, 2.24) is 9.78 Å². The second-order valence-electron chi connectivity index (χ2n) is 3.97. The minimum atomic E-state index is -0.736. The standard InChI is InChI=1S/C14H9Cl2FN2O2S/c1-3-4-21-11-6-10(9(17)5-8(11)15)19-14(20)13(16)12(22-2)7-18-19/h1,5-7H,4H2,2H3. The molecule has 2 aromatic rings. The Labute approximate surface area is 140 Å². The third-order valence-corrected chi connectivity index (χ3v) is 4.17. The van der Waals surface area contributed by atoms with Crippen LogP contribution in [0.2, 0.25) is 10.0 Å². The van der Waals surface area contributed by atoms with Crippen molar-refractivity contribution in [3.8, 4) is 23.8 Å². The fraction of sp³-hybridized carbons (Fsp3) is 0.143. The summed E-state index contributed by atoms with van der Waals surface area (Å²) in [6, 6.07) is 2.27. The van der Waals surface area contributed by atoms with E-state index in [-0.39, 0.29) is 28.1 Å². The Kier molecular flexibility index (Phi) is 5.35. The molecule has 4 nitrogen and oxygen atoms in total. The van der Waals surface area contributed by atoms with Crippen LogP contribution in [-0.4, -0.2) is 22.6 Å². The summed E-state index contributed by atoms with van der Waals surface area (Å²) < 4.78 is 20.2. The van der Waals surface area contributed by atoms with Crippen LogP contribution in [0.4, 0.5) is 4.39 Å². The maximum Gasteiger partial charge on any atom is 0.291 e. The molecule has 0 atom stereocenters. The van der Waals surface area contributed by atoms with E-state index >= 15 is 0 Å². The molecule has 0 amide bonds. The fourth-order valence-corrected chi connectivity index (χ4v) is 2.63. The second-order valence-corrected chi connectivity index (χ2v) is 5.60. The molecule has 8 heteroatoms. The van der Waals surface area contributed by atoms with Gasteiger partial charge in [-0.05, 0) is 12.3 Å². The highest BCUT2D eigenvalue weighted by atomic mass is 35.5. The first-order valence-electron chi connectivity index (χ1n) is 5.87. The summed E-state index contributed by atoms with van der Waals surface area (Å²) in [7, 11) is 0. The molecule has 2 rings (SSSR count). The van der Waals surface area contributed by atoms with Crippen molar-refractivity contribution in [2.45, 2.75) is 4.90 Å². The van der Waals surface area contributed by atoms with E-state index < -0.39 is 11.4 Å². The van der Waals surface area contributed by atoms with Crippen molar-refractivity contribution in [3.05, 3.63) is 44.5 Å². The van der Waals surface area contributed by atoms with E-state index in [2.05, 4.69) is 11.0 Å². The van der Waals surface area contributed by atoms with Crippen molar-refractivity contribution in [2.75, 3.05) is 12.9 Å². The maximum atomic E-state index is 14.1. The first-order valence-corrected chi connectivity index (χ1v) is 7.85. The predicted molar refractivity (Wildman–Crippen MR) is 85.9 cm³/mol. The molecule has 0 spiro atoms. The van der Waals surface area contributed by atoms with Crippen LogP contribution < -0.4 is 10.3 Å².